The first-order valence-electron chi connectivity index (χ1n) is 6.23. The number of hydrogen-bond acceptors (Lipinski definition) is 2. The fraction of sp³-hybridized carbons (Fsp3) is 0.467. The number of unbranched alkanes of at least 4 members (excludes halogenated alkanes) is 1. The first kappa shape index (κ1) is 14.7. The van der Waals surface area contributed by atoms with Crippen LogP contribution in [0, 0.1) is 17.7 Å². The Morgan fingerprint density at radius 1 is 1.39 bits per heavy atom. The molecule has 0 unspecified atom stereocenters. The van der Waals surface area contributed by atoms with E-state index in [1.807, 2.05) is 0 Å². The van der Waals surface area contributed by atoms with Gasteiger partial charge in [0.15, 0.2) is 0 Å². The second-order valence-corrected chi connectivity index (χ2v) is 3.99. The Hall–Kier alpha value is -1.37. The van der Waals surface area contributed by atoms with Crippen molar-refractivity contribution in [3.63, 3.8) is 0 Å². The smallest absolute Gasteiger partial charge is 0.129 e. The monoisotopic (exact) mass is 250 g/mol. The van der Waals surface area contributed by atoms with E-state index in [1.54, 1.807) is 12.1 Å². The van der Waals surface area contributed by atoms with Crippen LogP contribution in [0.5, 0.6) is 0 Å². The van der Waals surface area contributed by atoms with E-state index in [1.165, 1.54) is 6.07 Å². The number of ether oxygens (including phenoxy) is 1. The molecule has 0 saturated heterocycles. The van der Waals surface area contributed by atoms with Crippen LogP contribution in [0.2, 0.25) is 0 Å². The van der Waals surface area contributed by atoms with Crippen molar-refractivity contribution in [2.24, 2.45) is 0 Å². The number of halogens is 1. The highest BCUT2D eigenvalue weighted by Gasteiger charge is 2.02. The van der Waals surface area contributed by atoms with Gasteiger partial charge in [0.05, 0.1) is 13.2 Å². The molecule has 0 atom stereocenters. The summed E-state index contributed by atoms with van der Waals surface area (Å²) in [4.78, 5) is 0. The fourth-order valence-corrected chi connectivity index (χ4v) is 1.39. The predicted octanol–water partition coefficient (Wildman–Crippen LogP) is 2.88. The second kappa shape index (κ2) is 8.68. The van der Waals surface area contributed by atoms with Gasteiger partial charge >= 0.3 is 0 Å². The lowest BCUT2D eigenvalue weighted by atomic mass is 10.1. The van der Waals surface area contributed by atoms with Crippen molar-refractivity contribution in [1.29, 1.82) is 0 Å². The van der Waals surface area contributed by atoms with Crippen LogP contribution in [0.4, 0.5) is 4.39 Å². The van der Waals surface area contributed by atoms with Crippen molar-refractivity contribution >= 4 is 0 Å². The van der Waals surface area contributed by atoms with Gasteiger partial charge in [0, 0.05) is 24.2 Å². The molecule has 0 saturated carbocycles. The van der Waals surface area contributed by atoms with Gasteiger partial charge < -0.3 is 9.84 Å². The summed E-state index contributed by atoms with van der Waals surface area (Å²) < 4.78 is 19.0. The quantitative estimate of drug-likeness (QED) is 0.621. The molecule has 1 aromatic carbocycles. The van der Waals surface area contributed by atoms with E-state index in [0.29, 0.717) is 30.8 Å². The minimum absolute atomic E-state index is 0.0266. The Labute approximate surface area is 108 Å². The molecular weight excluding hydrogens is 231 g/mol. The first-order valence-corrected chi connectivity index (χ1v) is 6.23. The first-order chi connectivity index (χ1) is 8.77. The number of aliphatic hydroxyl groups is 1. The molecule has 18 heavy (non-hydrogen) atoms. The Balaban J connectivity index is 2.54. The maximum absolute atomic E-state index is 13.7. The number of aliphatic hydroxyl groups excluding tert-OH is 1. The van der Waals surface area contributed by atoms with E-state index in [2.05, 4.69) is 18.8 Å². The Kier molecular flexibility index (Phi) is 7.09. The zero-order valence-corrected chi connectivity index (χ0v) is 10.7. The van der Waals surface area contributed by atoms with Crippen molar-refractivity contribution in [3.05, 3.63) is 35.1 Å². The predicted molar refractivity (Wildman–Crippen MR) is 69.5 cm³/mol. The minimum atomic E-state index is -0.290. The maximum atomic E-state index is 13.7. The van der Waals surface area contributed by atoms with Gasteiger partial charge in [-0.2, -0.15) is 0 Å². The molecule has 0 aliphatic rings. The average Bonchev–Trinajstić information content (AvgIpc) is 2.37. The van der Waals surface area contributed by atoms with Gasteiger partial charge in [0.1, 0.15) is 5.82 Å². The van der Waals surface area contributed by atoms with E-state index in [4.69, 9.17) is 9.84 Å². The Morgan fingerprint density at radius 3 is 2.89 bits per heavy atom. The van der Waals surface area contributed by atoms with Gasteiger partial charge in [-0.1, -0.05) is 31.3 Å². The Bertz CT molecular complexity index is 418. The van der Waals surface area contributed by atoms with Crippen molar-refractivity contribution in [2.75, 3.05) is 13.2 Å². The van der Waals surface area contributed by atoms with Gasteiger partial charge in [-0.25, -0.2) is 4.39 Å². The lowest BCUT2D eigenvalue weighted by Gasteiger charge is -2.05. The molecule has 0 amide bonds. The molecule has 0 spiro atoms. The summed E-state index contributed by atoms with van der Waals surface area (Å²) in [6.07, 6.45) is 2.47. The molecular formula is C15H19FO2. The van der Waals surface area contributed by atoms with Crippen LogP contribution in [0.1, 0.15) is 37.3 Å². The molecule has 2 nitrogen and oxygen atoms in total. The summed E-state index contributed by atoms with van der Waals surface area (Å²) >= 11 is 0. The molecule has 0 aliphatic heterocycles. The number of rotatable bonds is 6. The van der Waals surface area contributed by atoms with E-state index in [0.717, 1.165) is 12.8 Å². The average molecular weight is 250 g/mol. The fourth-order valence-electron chi connectivity index (χ4n) is 1.39. The third kappa shape index (κ3) is 5.31. The topological polar surface area (TPSA) is 29.5 Å². The minimum Gasteiger partial charge on any atom is -0.395 e. The van der Waals surface area contributed by atoms with Crippen LogP contribution in [0.15, 0.2) is 18.2 Å². The van der Waals surface area contributed by atoms with Gasteiger partial charge in [0.25, 0.3) is 0 Å². The molecule has 98 valence electrons. The number of benzene rings is 1. The molecule has 0 aliphatic carbocycles. The standard InChI is InChI=1S/C15H19FO2/c1-2-3-10-18-12-14-8-7-13(11-15(14)16)6-4-5-9-17/h7-8,11,17H,2-3,5,9-10,12H2,1H3. The summed E-state index contributed by atoms with van der Waals surface area (Å²) in [5, 5.41) is 8.59. The van der Waals surface area contributed by atoms with E-state index < -0.39 is 0 Å². The van der Waals surface area contributed by atoms with Gasteiger partial charge in [0.2, 0.25) is 0 Å². The van der Waals surface area contributed by atoms with Crippen LogP contribution in [-0.4, -0.2) is 18.3 Å². The lowest BCUT2D eigenvalue weighted by molar-refractivity contribution is 0.115. The maximum Gasteiger partial charge on any atom is 0.129 e. The zero-order valence-electron chi connectivity index (χ0n) is 10.7. The third-order valence-electron chi connectivity index (χ3n) is 2.42. The Morgan fingerprint density at radius 2 is 2.22 bits per heavy atom. The van der Waals surface area contributed by atoms with E-state index in [-0.39, 0.29) is 12.4 Å². The summed E-state index contributed by atoms with van der Waals surface area (Å²) in [7, 11) is 0. The van der Waals surface area contributed by atoms with Crippen molar-refractivity contribution in [1.82, 2.24) is 0 Å². The lowest BCUT2D eigenvalue weighted by Crippen LogP contribution is -1.98. The van der Waals surface area contributed by atoms with Crippen LogP contribution in [0.3, 0.4) is 0 Å². The van der Waals surface area contributed by atoms with Gasteiger partial charge in [-0.05, 0) is 18.6 Å². The largest absolute Gasteiger partial charge is 0.395 e. The molecule has 0 aromatic heterocycles. The summed E-state index contributed by atoms with van der Waals surface area (Å²) in [6.45, 7) is 3.08. The van der Waals surface area contributed by atoms with Crippen molar-refractivity contribution in [3.8, 4) is 11.8 Å². The molecule has 1 N–H and O–H groups in total. The highest BCUT2D eigenvalue weighted by molar-refractivity contribution is 5.36. The van der Waals surface area contributed by atoms with Crippen LogP contribution in [0.25, 0.3) is 0 Å². The van der Waals surface area contributed by atoms with Gasteiger partial charge in [-0.3, -0.25) is 0 Å². The van der Waals surface area contributed by atoms with Crippen LogP contribution >= 0.6 is 0 Å². The molecule has 1 rings (SSSR count). The number of hydrogen-bond donors (Lipinski definition) is 1. The third-order valence-corrected chi connectivity index (χ3v) is 2.42. The molecule has 0 heterocycles. The summed E-state index contributed by atoms with van der Waals surface area (Å²) in [6, 6.07) is 4.87. The van der Waals surface area contributed by atoms with Crippen molar-refractivity contribution < 1.29 is 14.2 Å². The SMILES string of the molecule is CCCCOCc1ccc(C#CCCO)cc1F. The normalized spacial score (nSPS) is 9.94. The highest BCUT2D eigenvalue weighted by Crippen LogP contribution is 2.11. The van der Waals surface area contributed by atoms with Crippen LogP contribution < -0.4 is 0 Å². The van der Waals surface area contributed by atoms with Gasteiger partial charge in [-0.15, -0.1) is 0 Å². The molecule has 1 aromatic rings. The molecule has 0 bridgehead atoms. The van der Waals surface area contributed by atoms with Crippen LogP contribution in [-0.2, 0) is 11.3 Å². The molecule has 0 fully saturated rings. The highest BCUT2D eigenvalue weighted by atomic mass is 19.1. The second-order valence-electron chi connectivity index (χ2n) is 3.99. The molecule has 3 heteroatoms. The summed E-state index contributed by atoms with van der Waals surface area (Å²) in [5.74, 6) is 5.27. The van der Waals surface area contributed by atoms with E-state index >= 15 is 0 Å². The molecule has 0 radical (unpaired) electrons. The van der Waals surface area contributed by atoms with E-state index in [9.17, 15) is 4.39 Å². The van der Waals surface area contributed by atoms with Crippen molar-refractivity contribution in [2.45, 2.75) is 32.8 Å². The zero-order chi connectivity index (χ0) is 13.2. The summed E-state index contributed by atoms with van der Waals surface area (Å²) in [5.41, 5.74) is 1.18.